The molecule has 118 valence electrons. The maximum Gasteiger partial charge on any atom is 0.332 e. The van der Waals surface area contributed by atoms with Gasteiger partial charge >= 0.3 is 5.69 Å². The summed E-state index contributed by atoms with van der Waals surface area (Å²) in [5, 5.41) is 0. The molecule has 0 radical (unpaired) electrons. The van der Waals surface area contributed by atoms with Crippen LogP contribution < -0.4 is 16.1 Å². The van der Waals surface area contributed by atoms with Gasteiger partial charge in [-0.25, -0.2) is 9.78 Å². The lowest BCUT2D eigenvalue weighted by molar-refractivity contribution is 0.569. The van der Waals surface area contributed by atoms with Crippen LogP contribution >= 0.6 is 0 Å². The van der Waals surface area contributed by atoms with E-state index < -0.39 is 0 Å². The Morgan fingerprint density at radius 3 is 2.48 bits per heavy atom. The Hall–Kier alpha value is -2.83. The van der Waals surface area contributed by atoms with Crippen molar-refractivity contribution >= 4 is 16.9 Å². The molecule has 0 unspecified atom stereocenters. The van der Waals surface area contributed by atoms with Crippen molar-refractivity contribution in [3.8, 4) is 0 Å². The third-order valence-electron chi connectivity index (χ3n) is 4.47. The van der Waals surface area contributed by atoms with Crippen molar-refractivity contribution in [1.82, 2.24) is 18.7 Å². The summed E-state index contributed by atoms with van der Waals surface area (Å²) in [7, 11) is 3.15. The van der Waals surface area contributed by atoms with E-state index in [4.69, 9.17) is 0 Å². The minimum atomic E-state index is -0.349. The van der Waals surface area contributed by atoms with Crippen LogP contribution in [0.4, 0.5) is 5.69 Å². The molecule has 1 aliphatic heterocycles. The van der Waals surface area contributed by atoms with Gasteiger partial charge in [-0.05, 0) is 12.1 Å². The molecular formula is C16H17N5O2. The van der Waals surface area contributed by atoms with E-state index in [1.165, 1.54) is 11.6 Å². The zero-order chi connectivity index (χ0) is 16.1. The van der Waals surface area contributed by atoms with E-state index >= 15 is 0 Å². The number of imidazole rings is 1. The zero-order valence-electron chi connectivity index (χ0n) is 13.1. The van der Waals surface area contributed by atoms with Crippen LogP contribution in [0.2, 0.25) is 0 Å². The summed E-state index contributed by atoms with van der Waals surface area (Å²) in [4.78, 5) is 31.3. The van der Waals surface area contributed by atoms with Gasteiger partial charge in [0.2, 0.25) is 0 Å². The highest BCUT2D eigenvalue weighted by molar-refractivity contribution is 5.71. The van der Waals surface area contributed by atoms with Crippen LogP contribution in [-0.4, -0.2) is 25.2 Å². The van der Waals surface area contributed by atoms with Gasteiger partial charge in [0.25, 0.3) is 5.56 Å². The van der Waals surface area contributed by atoms with Gasteiger partial charge in [-0.1, -0.05) is 18.2 Å². The van der Waals surface area contributed by atoms with E-state index in [-0.39, 0.29) is 11.2 Å². The molecule has 0 spiro atoms. The van der Waals surface area contributed by atoms with Crippen molar-refractivity contribution in [3.05, 3.63) is 57.0 Å². The van der Waals surface area contributed by atoms with Crippen molar-refractivity contribution in [1.29, 1.82) is 0 Å². The van der Waals surface area contributed by atoms with Crippen LogP contribution in [-0.2, 0) is 27.2 Å². The molecule has 3 aromatic rings. The molecule has 23 heavy (non-hydrogen) atoms. The summed E-state index contributed by atoms with van der Waals surface area (Å²) in [5.41, 5.74) is 1.47. The summed E-state index contributed by atoms with van der Waals surface area (Å²) in [5.74, 6) is 0.813. The fraction of sp³-hybridized carbons (Fsp3) is 0.312. The molecule has 0 aliphatic carbocycles. The molecule has 0 fully saturated rings. The Morgan fingerprint density at radius 1 is 1.00 bits per heavy atom. The van der Waals surface area contributed by atoms with Gasteiger partial charge in [-0.15, -0.1) is 0 Å². The van der Waals surface area contributed by atoms with Crippen LogP contribution in [0.25, 0.3) is 11.2 Å². The van der Waals surface area contributed by atoms with Crippen molar-refractivity contribution < 1.29 is 0 Å². The number of rotatable bonds is 1. The molecule has 4 rings (SSSR count). The first-order valence-corrected chi connectivity index (χ1v) is 7.53. The van der Waals surface area contributed by atoms with Crippen molar-refractivity contribution in [2.24, 2.45) is 14.1 Å². The molecule has 1 aromatic carbocycles. The molecule has 0 atom stereocenters. The van der Waals surface area contributed by atoms with Gasteiger partial charge in [-0.3, -0.25) is 13.9 Å². The van der Waals surface area contributed by atoms with Crippen LogP contribution in [0, 0.1) is 0 Å². The SMILES string of the molecule is Cn1c(=O)c2c(nc3n2CCN(c2ccccc2)C3)n(C)c1=O. The highest BCUT2D eigenvalue weighted by Gasteiger charge is 2.24. The third-order valence-corrected chi connectivity index (χ3v) is 4.47. The molecule has 0 amide bonds. The first kappa shape index (κ1) is 13.8. The average Bonchev–Trinajstić information content (AvgIpc) is 2.97. The molecule has 0 saturated heterocycles. The molecule has 7 nitrogen and oxygen atoms in total. The summed E-state index contributed by atoms with van der Waals surface area (Å²) in [6.45, 7) is 2.10. The average molecular weight is 311 g/mol. The number of para-hydroxylation sites is 1. The quantitative estimate of drug-likeness (QED) is 0.655. The topological polar surface area (TPSA) is 65.1 Å². The van der Waals surface area contributed by atoms with Crippen molar-refractivity contribution in [2.75, 3.05) is 11.4 Å². The van der Waals surface area contributed by atoms with E-state index in [1.54, 1.807) is 7.05 Å². The molecule has 0 N–H and O–H groups in total. The van der Waals surface area contributed by atoms with Crippen LogP contribution in [0.15, 0.2) is 39.9 Å². The van der Waals surface area contributed by atoms with Gasteiger partial charge < -0.3 is 9.47 Å². The Bertz CT molecular complexity index is 1010. The largest absolute Gasteiger partial charge is 0.362 e. The number of hydrogen-bond acceptors (Lipinski definition) is 4. The van der Waals surface area contributed by atoms with Crippen LogP contribution in [0.3, 0.4) is 0 Å². The van der Waals surface area contributed by atoms with E-state index in [9.17, 15) is 9.59 Å². The standard InChI is InChI=1S/C16H17N5O2/c1-18-14-13(15(22)19(2)16(18)23)21-9-8-20(10-12(21)17-14)11-6-4-3-5-7-11/h3-7H,8-10H2,1-2H3. The monoisotopic (exact) mass is 311 g/mol. The lowest BCUT2D eigenvalue weighted by Gasteiger charge is -2.29. The predicted octanol–water partition coefficient (Wildman–Crippen LogP) is 0.454. The molecule has 7 heteroatoms. The second kappa shape index (κ2) is 4.84. The lowest BCUT2D eigenvalue weighted by atomic mass is 10.2. The van der Waals surface area contributed by atoms with Crippen molar-refractivity contribution in [3.63, 3.8) is 0 Å². The number of fused-ring (bicyclic) bond motifs is 3. The molecule has 0 bridgehead atoms. The van der Waals surface area contributed by atoms with Crippen LogP contribution in [0.1, 0.15) is 5.82 Å². The minimum absolute atomic E-state index is 0.282. The second-order valence-electron chi connectivity index (χ2n) is 5.81. The second-order valence-corrected chi connectivity index (χ2v) is 5.81. The first-order chi connectivity index (χ1) is 11.1. The summed E-state index contributed by atoms with van der Waals surface area (Å²) >= 11 is 0. The van der Waals surface area contributed by atoms with Gasteiger partial charge in [0.05, 0.1) is 6.54 Å². The van der Waals surface area contributed by atoms with Crippen LogP contribution in [0.5, 0.6) is 0 Å². The fourth-order valence-corrected chi connectivity index (χ4v) is 3.18. The maximum absolute atomic E-state index is 12.5. The number of anilines is 1. The summed E-state index contributed by atoms with van der Waals surface area (Å²) in [6, 6.07) is 10.1. The summed E-state index contributed by atoms with van der Waals surface area (Å²) < 4.78 is 4.52. The van der Waals surface area contributed by atoms with E-state index in [0.717, 1.165) is 22.6 Å². The van der Waals surface area contributed by atoms with E-state index in [0.29, 0.717) is 24.3 Å². The fourth-order valence-electron chi connectivity index (χ4n) is 3.18. The Labute approximate surface area is 132 Å². The smallest absolute Gasteiger partial charge is 0.332 e. The normalized spacial score (nSPS) is 14.3. The zero-order valence-corrected chi connectivity index (χ0v) is 13.1. The van der Waals surface area contributed by atoms with E-state index in [1.807, 2.05) is 22.8 Å². The maximum atomic E-state index is 12.5. The van der Waals surface area contributed by atoms with Crippen molar-refractivity contribution in [2.45, 2.75) is 13.1 Å². The number of hydrogen-bond donors (Lipinski definition) is 0. The minimum Gasteiger partial charge on any atom is -0.362 e. The Balaban J connectivity index is 1.88. The molecule has 1 aliphatic rings. The van der Waals surface area contributed by atoms with Gasteiger partial charge in [0.15, 0.2) is 11.2 Å². The third kappa shape index (κ3) is 1.93. The Kier molecular flexibility index (Phi) is 2.90. The lowest BCUT2D eigenvalue weighted by Crippen LogP contribution is -2.38. The predicted molar refractivity (Wildman–Crippen MR) is 87.7 cm³/mol. The highest BCUT2D eigenvalue weighted by Crippen LogP contribution is 2.22. The van der Waals surface area contributed by atoms with Gasteiger partial charge in [-0.2, -0.15) is 0 Å². The molecule has 2 aromatic heterocycles. The molecule has 3 heterocycles. The highest BCUT2D eigenvalue weighted by atomic mass is 16.2. The van der Waals surface area contributed by atoms with E-state index in [2.05, 4.69) is 22.0 Å². The molecule has 0 saturated carbocycles. The Morgan fingerprint density at radius 2 is 1.74 bits per heavy atom. The number of benzene rings is 1. The van der Waals surface area contributed by atoms with Gasteiger partial charge in [0.1, 0.15) is 5.82 Å². The first-order valence-electron chi connectivity index (χ1n) is 7.53. The number of aromatic nitrogens is 4. The molecular weight excluding hydrogens is 294 g/mol. The number of aryl methyl sites for hydroxylation is 1. The summed E-state index contributed by atoms with van der Waals surface area (Å²) in [6.07, 6.45) is 0. The van der Waals surface area contributed by atoms with Gasteiger partial charge in [0, 0.05) is 32.9 Å². The number of nitrogens with zero attached hydrogens (tertiary/aromatic N) is 5.